The topological polar surface area (TPSA) is 101 Å². The highest BCUT2D eigenvalue weighted by atomic mass is 32.2. The highest BCUT2D eigenvalue weighted by molar-refractivity contribution is 7.89. The number of amides is 1. The van der Waals surface area contributed by atoms with Crippen molar-refractivity contribution in [3.63, 3.8) is 0 Å². The molecule has 1 aromatic carbocycles. The van der Waals surface area contributed by atoms with Gasteiger partial charge in [0.2, 0.25) is 10.0 Å². The van der Waals surface area contributed by atoms with E-state index in [1.165, 1.54) is 32.1 Å². The minimum absolute atomic E-state index is 0.0267. The zero-order chi connectivity index (χ0) is 21.1. The second-order valence-corrected chi connectivity index (χ2v) is 9.35. The van der Waals surface area contributed by atoms with Crippen molar-refractivity contribution in [2.75, 3.05) is 25.1 Å². The lowest BCUT2D eigenvalue weighted by molar-refractivity contribution is 0.0950. The molecule has 1 aliphatic carbocycles. The number of nitrogens with one attached hydrogen (secondary N) is 2. The van der Waals surface area contributed by atoms with E-state index < -0.39 is 10.0 Å². The quantitative estimate of drug-likeness (QED) is 0.665. The Hall–Kier alpha value is -2.65. The predicted octanol–water partition coefficient (Wildman–Crippen LogP) is 2.06. The second kappa shape index (κ2) is 8.61. The summed E-state index contributed by atoms with van der Waals surface area (Å²) in [6.07, 6.45) is 5.79. The molecule has 1 aliphatic heterocycles. The SMILES string of the molecule is COc1ccc(C(=O)NCc2ccc(N3CCCC3)nc2)cc1S(=O)(=O)NC1CC1. The molecule has 8 nitrogen and oxygen atoms in total. The van der Waals surface area contributed by atoms with Crippen molar-refractivity contribution in [2.24, 2.45) is 0 Å². The Morgan fingerprint density at radius 2 is 1.97 bits per heavy atom. The van der Waals surface area contributed by atoms with E-state index in [1.807, 2.05) is 12.1 Å². The molecule has 2 aliphatic rings. The number of nitrogens with zero attached hydrogens (tertiary/aromatic N) is 2. The molecule has 0 atom stereocenters. The molecule has 2 N–H and O–H groups in total. The van der Waals surface area contributed by atoms with Crippen molar-refractivity contribution in [1.82, 2.24) is 15.0 Å². The number of hydrogen-bond donors (Lipinski definition) is 2. The van der Waals surface area contributed by atoms with Crippen LogP contribution in [0.3, 0.4) is 0 Å². The molecular formula is C21H26N4O4S. The van der Waals surface area contributed by atoms with E-state index >= 15 is 0 Å². The van der Waals surface area contributed by atoms with Crippen LogP contribution in [0.1, 0.15) is 41.6 Å². The van der Waals surface area contributed by atoms with Crippen molar-refractivity contribution >= 4 is 21.7 Å². The number of sulfonamides is 1. The van der Waals surface area contributed by atoms with Gasteiger partial charge in [0, 0.05) is 37.4 Å². The van der Waals surface area contributed by atoms with Crippen LogP contribution in [0.5, 0.6) is 5.75 Å². The number of methoxy groups -OCH3 is 1. The summed E-state index contributed by atoms with van der Waals surface area (Å²) in [7, 11) is -2.34. The number of rotatable bonds is 8. The van der Waals surface area contributed by atoms with Crippen LogP contribution < -0.4 is 19.7 Å². The lowest BCUT2D eigenvalue weighted by atomic mass is 10.2. The van der Waals surface area contributed by atoms with E-state index in [0.29, 0.717) is 6.54 Å². The molecule has 1 amide bonds. The fraction of sp³-hybridized carbons (Fsp3) is 0.429. The molecule has 0 unspecified atom stereocenters. The van der Waals surface area contributed by atoms with Gasteiger partial charge in [-0.3, -0.25) is 4.79 Å². The lowest BCUT2D eigenvalue weighted by Crippen LogP contribution is -2.27. The average molecular weight is 431 g/mol. The highest BCUT2D eigenvalue weighted by Crippen LogP contribution is 2.28. The lowest BCUT2D eigenvalue weighted by Gasteiger charge is -2.16. The van der Waals surface area contributed by atoms with Gasteiger partial charge in [-0.1, -0.05) is 6.07 Å². The first-order valence-corrected chi connectivity index (χ1v) is 11.6. The standard InChI is InChI=1S/C21H26N4O4S/c1-29-18-8-5-16(12-19(18)30(27,28)24-17-6-7-17)21(26)23-14-15-4-9-20(22-13-15)25-10-2-3-11-25/h4-5,8-9,12-13,17,24H,2-3,6-7,10-11,14H2,1H3,(H,23,26). The summed E-state index contributed by atoms with van der Waals surface area (Å²) in [6, 6.07) is 8.29. The van der Waals surface area contributed by atoms with Gasteiger partial charge in [0.25, 0.3) is 5.91 Å². The number of aromatic nitrogens is 1. The van der Waals surface area contributed by atoms with Gasteiger partial charge in [-0.2, -0.15) is 0 Å². The van der Waals surface area contributed by atoms with Gasteiger partial charge in [0.05, 0.1) is 7.11 Å². The number of pyridine rings is 1. The second-order valence-electron chi connectivity index (χ2n) is 7.66. The van der Waals surface area contributed by atoms with E-state index in [1.54, 1.807) is 12.3 Å². The van der Waals surface area contributed by atoms with E-state index in [0.717, 1.165) is 37.3 Å². The molecule has 1 saturated heterocycles. The Morgan fingerprint density at radius 3 is 2.60 bits per heavy atom. The molecule has 2 heterocycles. The van der Waals surface area contributed by atoms with Gasteiger partial charge >= 0.3 is 0 Å². The Bertz CT molecular complexity index is 1010. The molecule has 4 rings (SSSR count). The third-order valence-electron chi connectivity index (χ3n) is 5.31. The molecule has 1 aromatic heterocycles. The third-order valence-corrected chi connectivity index (χ3v) is 6.85. The van der Waals surface area contributed by atoms with E-state index in [9.17, 15) is 13.2 Å². The monoisotopic (exact) mass is 430 g/mol. The number of hydrogen-bond acceptors (Lipinski definition) is 6. The fourth-order valence-corrected chi connectivity index (χ4v) is 4.95. The largest absolute Gasteiger partial charge is 0.495 e. The van der Waals surface area contributed by atoms with E-state index in [2.05, 4.69) is 19.9 Å². The van der Waals surface area contributed by atoms with Crippen LogP contribution in [-0.2, 0) is 16.6 Å². The van der Waals surface area contributed by atoms with Gasteiger partial charge < -0.3 is 15.0 Å². The molecule has 0 bridgehead atoms. The maximum absolute atomic E-state index is 12.6. The summed E-state index contributed by atoms with van der Waals surface area (Å²) in [5.74, 6) is 0.807. The minimum Gasteiger partial charge on any atom is -0.495 e. The number of carbonyl (C=O) groups is 1. The van der Waals surface area contributed by atoms with Crippen molar-refractivity contribution in [1.29, 1.82) is 0 Å². The van der Waals surface area contributed by atoms with Crippen LogP contribution in [-0.4, -0.2) is 45.6 Å². The molecule has 9 heteroatoms. The molecule has 1 saturated carbocycles. The average Bonchev–Trinajstić information content (AvgIpc) is 3.38. The molecule has 2 fully saturated rings. The zero-order valence-corrected chi connectivity index (χ0v) is 17.7. The van der Waals surface area contributed by atoms with Crippen molar-refractivity contribution in [3.8, 4) is 5.75 Å². The number of carbonyl (C=O) groups excluding carboxylic acids is 1. The number of benzene rings is 1. The van der Waals surface area contributed by atoms with Crippen LogP contribution >= 0.6 is 0 Å². The third kappa shape index (κ3) is 4.73. The molecule has 0 radical (unpaired) electrons. The number of anilines is 1. The summed E-state index contributed by atoms with van der Waals surface area (Å²) >= 11 is 0. The Kier molecular flexibility index (Phi) is 5.92. The van der Waals surface area contributed by atoms with Crippen LogP contribution in [0, 0.1) is 0 Å². The van der Waals surface area contributed by atoms with Crippen LogP contribution in [0.2, 0.25) is 0 Å². The molecule has 30 heavy (non-hydrogen) atoms. The molecule has 0 spiro atoms. The van der Waals surface area contributed by atoms with E-state index in [4.69, 9.17) is 4.74 Å². The van der Waals surface area contributed by atoms with Crippen LogP contribution in [0.15, 0.2) is 41.4 Å². The summed E-state index contributed by atoms with van der Waals surface area (Å²) in [6.45, 7) is 2.36. The van der Waals surface area contributed by atoms with Gasteiger partial charge in [-0.05, 0) is 55.5 Å². The predicted molar refractivity (Wildman–Crippen MR) is 113 cm³/mol. The fourth-order valence-electron chi connectivity index (χ4n) is 3.45. The normalized spacial score (nSPS) is 16.5. The summed E-state index contributed by atoms with van der Waals surface area (Å²) in [4.78, 5) is 19.3. The van der Waals surface area contributed by atoms with Crippen molar-refractivity contribution < 1.29 is 17.9 Å². The maximum Gasteiger partial charge on any atom is 0.251 e. The first kappa shape index (κ1) is 20.6. The Morgan fingerprint density at radius 1 is 1.20 bits per heavy atom. The first-order valence-electron chi connectivity index (χ1n) is 10.1. The molecular weight excluding hydrogens is 404 g/mol. The van der Waals surface area contributed by atoms with Gasteiger partial charge in [0.15, 0.2) is 0 Å². The van der Waals surface area contributed by atoms with Gasteiger partial charge in [0.1, 0.15) is 16.5 Å². The molecule has 160 valence electrons. The van der Waals surface area contributed by atoms with Crippen LogP contribution in [0.25, 0.3) is 0 Å². The van der Waals surface area contributed by atoms with Crippen molar-refractivity contribution in [3.05, 3.63) is 47.7 Å². The Balaban J connectivity index is 1.43. The van der Waals surface area contributed by atoms with Crippen LogP contribution in [0.4, 0.5) is 5.82 Å². The van der Waals surface area contributed by atoms with E-state index in [-0.39, 0.29) is 28.2 Å². The van der Waals surface area contributed by atoms with Gasteiger partial charge in [-0.25, -0.2) is 18.1 Å². The highest BCUT2D eigenvalue weighted by Gasteiger charge is 2.30. The first-order chi connectivity index (χ1) is 14.5. The Labute approximate surface area is 176 Å². The summed E-state index contributed by atoms with van der Waals surface area (Å²) in [5, 5.41) is 2.82. The summed E-state index contributed by atoms with van der Waals surface area (Å²) < 4.78 is 33.1. The van der Waals surface area contributed by atoms with Crippen molar-refractivity contribution in [2.45, 2.75) is 43.2 Å². The smallest absolute Gasteiger partial charge is 0.251 e. The molecule has 2 aromatic rings. The summed E-state index contributed by atoms with van der Waals surface area (Å²) in [5.41, 5.74) is 1.14. The van der Waals surface area contributed by atoms with Gasteiger partial charge in [-0.15, -0.1) is 0 Å². The minimum atomic E-state index is -3.75. The number of ether oxygens (including phenoxy) is 1. The zero-order valence-electron chi connectivity index (χ0n) is 16.9. The maximum atomic E-state index is 12.6.